The lowest BCUT2D eigenvalue weighted by molar-refractivity contribution is -0.384. The first-order valence-corrected chi connectivity index (χ1v) is 11.5. The molecule has 0 aliphatic carbocycles. The molecule has 2 fully saturated rings. The number of benzene rings is 2. The maximum absolute atomic E-state index is 13.2. The van der Waals surface area contributed by atoms with E-state index in [1.165, 1.54) is 19.3 Å². The average Bonchev–Trinajstić information content (AvgIpc) is 3.17. The predicted octanol–water partition coefficient (Wildman–Crippen LogP) is 3.67. The van der Waals surface area contributed by atoms with Gasteiger partial charge >= 0.3 is 5.69 Å². The summed E-state index contributed by atoms with van der Waals surface area (Å²) in [5.41, 5.74) is 2.72. The molecule has 2 aliphatic heterocycles. The molecule has 3 aromatic rings. The molecule has 0 amide bonds. The topological polar surface area (TPSA) is 87.4 Å². The van der Waals surface area contributed by atoms with Crippen LogP contribution in [0.2, 0.25) is 0 Å². The summed E-state index contributed by atoms with van der Waals surface area (Å²) in [6, 6.07) is 14.8. The van der Waals surface area contributed by atoms with Gasteiger partial charge in [0.1, 0.15) is 5.66 Å². The van der Waals surface area contributed by atoms with Gasteiger partial charge in [-0.2, -0.15) is 0 Å². The monoisotopic (exact) mass is 435 g/mol. The second-order valence-electron chi connectivity index (χ2n) is 9.01. The fourth-order valence-electron chi connectivity index (χ4n) is 5.51. The molecule has 2 aliphatic rings. The number of fused-ring (bicyclic) bond motifs is 1. The number of piperidine rings is 2. The fraction of sp³-hybridized carbons (Fsp3) is 0.458. The third-order valence-electron chi connectivity index (χ3n) is 7.16. The molecule has 0 unspecified atom stereocenters. The van der Waals surface area contributed by atoms with Crippen molar-refractivity contribution in [2.24, 2.45) is 0 Å². The Labute approximate surface area is 186 Å². The van der Waals surface area contributed by atoms with Gasteiger partial charge in [0.05, 0.1) is 16.0 Å². The lowest BCUT2D eigenvalue weighted by Gasteiger charge is -2.50. The number of aromatic amines is 1. The largest absolute Gasteiger partial charge is 0.328 e. The number of aromatic nitrogens is 2. The molecule has 5 rings (SSSR count). The molecule has 168 valence electrons. The minimum atomic E-state index is -0.365. The molecule has 3 heterocycles. The van der Waals surface area contributed by atoms with Crippen LogP contribution in [0, 0.1) is 10.1 Å². The second kappa shape index (κ2) is 8.52. The number of hydrogen-bond acceptors (Lipinski definition) is 5. The van der Waals surface area contributed by atoms with E-state index in [0.29, 0.717) is 0 Å². The molecule has 2 saturated heterocycles. The maximum Gasteiger partial charge on any atom is 0.328 e. The number of non-ortho nitro benzene ring substituents is 1. The minimum absolute atomic E-state index is 0.0272. The minimum Gasteiger partial charge on any atom is -0.305 e. The number of para-hydroxylation sites is 2. The molecule has 2 aromatic carbocycles. The summed E-state index contributed by atoms with van der Waals surface area (Å²) in [5, 5.41) is 10.9. The average molecular weight is 436 g/mol. The molecular formula is C24H29N5O3. The Kier molecular flexibility index (Phi) is 5.57. The van der Waals surface area contributed by atoms with E-state index in [0.717, 1.165) is 62.2 Å². The van der Waals surface area contributed by atoms with Crippen molar-refractivity contribution in [1.82, 2.24) is 19.4 Å². The molecular weight excluding hydrogens is 406 g/mol. The zero-order valence-electron chi connectivity index (χ0n) is 18.2. The van der Waals surface area contributed by atoms with Crippen molar-refractivity contribution in [3.05, 3.63) is 74.7 Å². The first-order valence-electron chi connectivity index (χ1n) is 11.5. The quantitative estimate of drug-likeness (QED) is 0.488. The van der Waals surface area contributed by atoms with Gasteiger partial charge < -0.3 is 4.98 Å². The maximum atomic E-state index is 13.2. The van der Waals surface area contributed by atoms with Gasteiger partial charge in [-0.3, -0.25) is 24.5 Å². The molecule has 0 atom stereocenters. The van der Waals surface area contributed by atoms with Crippen LogP contribution in [0.4, 0.5) is 5.69 Å². The van der Waals surface area contributed by atoms with Crippen LogP contribution >= 0.6 is 0 Å². The standard InChI is InChI=1S/C24H29N5O3/c30-23-25-21-6-2-3-7-22(21)28(23)24(27-14-4-1-5-15-27)12-16-26(17-13-24)18-19-8-10-20(11-9-19)29(31)32/h2-3,6-11H,1,4-5,12-18H2,(H,25,30). The van der Waals surface area contributed by atoms with Gasteiger partial charge in [-0.15, -0.1) is 0 Å². The van der Waals surface area contributed by atoms with Crippen LogP contribution in [-0.4, -0.2) is 50.5 Å². The van der Waals surface area contributed by atoms with Crippen molar-refractivity contribution in [3.63, 3.8) is 0 Å². The van der Waals surface area contributed by atoms with Gasteiger partial charge in [-0.05, 0) is 43.4 Å². The number of H-pyrrole nitrogens is 1. The van der Waals surface area contributed by atoms with E-state index in [9.17, 15) is 14.9 Å². The molecule has 0 radical (unpaired) electrons. The number of likely N-dealkylation sites (tertiary alicyclic amines) is 2. The highest BCUT2D eigenvalue weighted by Crippen LogP contribution is 2.37. The number of nitro benzene ring substituents is 1. The van der Waals surface area contributed by atoms with E-state index >= 15 is 0 Å². The van der Waals surface area contributed by atoms with Gasteiger partial charge in [0.25, 0.3) is 5.69 Å². The van der Waals surface area contributed by atoms with Gasteiger partial charge in [-0.25, -0.2) is 4.79 Å². The molecule has 32 heavy (non-hydrogen) atoms. The Bertz CT molecular complexity index is 1150. The van der Waals surface area contributed by atoms with Crippen molar-refractivity contribution < 1.29 is 4.92 Å². The molecule has 8 nitrogen and oxygen atoms in total. The van der Waals surface area contributed by atoms with E-state index < -0.39 is 0 Å². The Balaban J connectivity index is 1.41. The highest BCUT2D eigenvalue weighted by molar-refractivity contribution is 5.75. The van der Waals surface area contributed by atoms with Crippen molar-refractivity contribution in [2.75, 3.05) is 26.2 Å². The number of nitrogens with one attached hydrogen (secondary N) is 1. The SMILES string of the molecule is O=c1[nH]c2ccccc2n1C1(N2CCCCC2)CCN(Cc2ccc([N+](=O)[O-])cc2)CC1. The summed E-state index contributed by atoms with van der Waals surface area (Å²) in [7, 11) is 0. The highest BCUT2D eigenvalue weighted by atomic mass is 16.6. The summed E-state index contributed by atoms with van der Waals surface area (Å²) in [5.74, 6) is 0. The van der Waals surface area contributed by atoms with E-state index in [2.05, 4.69) is 14.8 Å². The first kappa shape index (κ1) is 20.9. The van der Waals surface area contributed by atoms with E-state index in [4.69, 9.17) is 0 Å². The zero-order chi connectivity index (χ0) is 22.1. The molecule has 8 heteroatoms. The van der Waals surface area contributed by atoms with E-state index in [1.807, 2.05) is 41.0 Å². The summed E-state index contributed by atoms with van der Waals surface area (Å²) in [4.78, 5) is 31.7. The molecule has 0 bridgehead atoms. The molecule has 0 saturated carbocycles. The normalized spacial score (nSPS) is 19.9. The van der Waals surface area contributed by atoms with Gasteiger partial charge in [0.2, 0.25) is 0 Å². The van der Waals surface area contributed by atoms with Gasteiger partial charge in [0, 0.05) is 44.9 Å². The first-order chi connectivity index (χ1) is 15.6. The number of nitrogens with zero attached hydrogens (tertiary/aromatic N) is 4. The third kappa shape index (κ3) is 3.73. The van der Waals surface area contributed by atoms with Gasteiger partial charge in [-0.1, -0.05) is 30.7 Å². The lowest BCUT2D eigenvalue weighted by Crippen LogP contribution is -2.60. The second-order valence-corrected chi connectivity index (χ2v) is 9.01. The summed E-state index contributed by atoms with van der Waals surface area (Å²) >= 11 is 0. The van der Waals surface area contributed by atoms with E-state index in [1.54, 1.807) is 12.1 Å². The highest BCUT2D eigenvalue weighted by Gasteiger charge is 2.43. The van der Waals surface area contributed by atoms with Crippen LogP contribution in [0.3, 0.4) is 0 Å². The zero-order valence-corrected chi connectivity index (χ0v) is 18.2. The number of rotatable bonds is 5. The van der Waals surface area contributed by atoms with Crippen LogP contribution in [0.1, 0.15) is 37.7 Å². The van der Waals surface area contributed by atoms with Crippen molar-refractivity contribution in [1.29, 1.82) is 0 Å². The van der Waals surface area contributed by atoms with Crippen molar-refractivity contribution in [2.45, 2.75) is 44.3 Å². The lowest BCUT2D eigenvalue weighted by atomic mass is 9.91. The van der Waals surface area contributed by atoms with Crippen LogP contribution in [-0.2, 0) is 12.2 Å². The number of hydrogen-bond donors (Lipinski definition) is 1. The third-order valence-corrected chi connectivity index (χ3v) is 7.16. The molecule has 0 spiro atoms. The van der Waals surface area contributed by atoms with Gasteiger partial charge in [0.15, 0.2) is 0 Å². The van der Waals surface area contributed by atoms with E-state index in [-0.39, 0.29) is 22.0 Å². The predicted molar refractivity (Wildman–Crippen MR) is 124 cm³/mol. The van der Waals surface area contributed by atoms with Crippen LogP contribution in [0.25, 0.3) is 11.0 Å². The summed E-state index contributed by atoms with van der Waals surface area (Å²) in [6.45, 7) is 4.55. The fourth-order valence-corrected chi connectivity index (χ4v) is 5.51. The summed E-state index contributed by atoms with van der Waals surface area (Å²) in [6.07, 6.45) is 5.35. The van der Waals surface area contributed by atoms with Crippen molar-refractivity contribution in [3.8, 4) is 0 Å². The Morgan fingerprint density at radius 1 is 0.938 bits per heavy atom. The Morgan fingerprint density at radius 3 is 2.31 bits per heavy atom. The Morgan fingerprint density at radius 2 is 1.62 bits per heavy atom. The number of imidazole rings is 1. The smallest absolute Gasteiger partial charge is 0.305 e. The Hall–Kier alpha value is -2.97. The molecule has 1 aromatic heterocycles. The van der Waals surface area contributed by atoms with Crippen LogP contribution in [0.5, 0.6) is 0 Å². The molecule has 1 N–H and O–H groups in total. The summed E-state index contributed by atoms with van der Waals surface area (Å²) < 4.78 is 2.02. The van der Waals surface area contributed by atoms with Crippen molar-refractivity contribution >= 4 is 16.7 Å². The van der Waals surface area contributed by atoms with Crippen LogP contribution in [0.15, 0.2) is 53.3 Å². The number of nitro groups is 1. The van der Waals surface area contributed by atoms with Crippen LogP contribution < -0.4 is 5.69 Å².